The summed E-state index contributed by atoms with van der Waals surface area (Å²) in [5, 5.41) is 111. The Morgan fingerprint density at radius 1 is 0.630 bits per heavy atom. The maximum Gasteiger partial charge on any atom is 0.377 e. The lowest BCUT2D eigenvalue weighted by molar-refractivity contribution is -0.147. The van der Waals surface area contributed by atoms with Gasteiger partial charge in [0.25, 0.3) is 0 Å². The number of aromatic hydroxyl groups is 8. The van der Waals surface area contributed by atoms with Crippen molar-refractivity contribution in [3.05, 3.63) is 134 Å². The summed E-state index contributed by atoms with van der Waals surface area (Å²) in [7, 11) is 0. The van der Waals surface area contributed by atoms with Crippen molar-refractivity contribution in [1.82, 2.24) is 0 Å². The first kappa shape index (κ1) is 63.8. The third kappa shape index (κ3) is 18.0. The minimum absolute atomic E-state index is 0.0163. The van der Waals surface area contributed by atoms with Gasteiger partial charge in [-0.05, 0) is 141 Å². The third-order valence-corrected chi connectivity index (χ3v) is 14.7. The van der Waals surface area contributed by atoms with Crippen molar-refractivity contribution < 1.29 is 80.0 Å². The highest BCUT2D eigenvalue weighted by Gasteiger charge is 2.39. The predicted molar refractivity (Wildman–Crippen MR) is 311 cm³/mol. The zero-order valence-electron chi connectivity index (χ0n) is 47.4. The molecule has 17 heteroatoms. The Bertz CT molecular complexity index is 3190. The molecule has 0 aliphatic carbocycles. The van der Waals surface area contributed by atoms with Crippen molar-refractivity contribution in [3.8, 4) is 63.1 Å². The number of fused-ring (bicyclic) bond motifs is 2. The van der Waals surface area contributed by atoms with Gasteiger partial charge in [-0.1, -0.05) is 96.9 Å². The summed E-state index contributed by atoms with van der Waals surface area (Å²) in [6, 6.07) is 18.5. The largest absolute Gasteiger partial charge is 0.508 e. The molecule has 1 aromatic heterocycles. The van der Waals surface area contributed by atoms with Crippen LogP contribution in [0.3, 0.4) is 0 Å². The molecule has 3 heterocycles. The first-order valence-corrected chi connectivity index (χ1v) is 27.4. The van der Waals surface area contributed by atoms with Crippen molar-refractivity contribution in [1.29, 1.82) is 0 Å². The average molecular weight is 1120 g/mol. The van der Waals surface area contributed by atoms with E-state index in [9.17, 15) is 45.3 Å². The SMILES string of the molecule is Cc1c(C)c2c(c(C)c1O)CC[C@@](C)(CCC[C@H](C)CCC[C@H](C)CCCC(C)C)O2.O=C1O[C@H]([C@@H](O)CO)C(O)=C1O.O=c1cc(-c2ccc(O)c(O)c2)oc2cc(O)cc(O)c12.Oc1ccc(/C=C/c2cc(O)cc(O)c2)cc1. The molecule has 5 atom stereocenters. The molecular formula is C64H80O17. The van der Waals surface area contributed by atoms with Crippen LogP contribution in [-0.4, -0.2) is 91.7 Å². The molecule has 0 saturated heterocycles. The molecule has 0 amide bonds. The summed E-state index contributed by atoms with van der Waals surface area (Å²) in [6.07, 6.45) is 14.9. The number of ether oxygens (including phenoxy) is 2. The molecule has 8 rings (SSSR count). The molecule has 81 heavy (non-hydrogen) atoms. The molecule has 0 radical (unpaired) electrons. The van der Waals surface area contributed by atoms with Crippen LogP contribution in [0.25, 0.3) is 34.4 Å². The lowest BCUT2D eigenvalue weighted by Crippen LogP contribution is -2.37. The molecule has 5 aromatic carbocycles. The highest BCUT2D eigenvalue weighted by atomic mass is 16.6. The van der Waals surface area contributed by atoms with Crippen LogP contribution in [0.4, 0.5) is 0 Å². The third-order valence-electron chi connectivity index (χ3n) is 14.7. The minimum atomic E-state index is -1.42. The lowest BCUT2D eigenvalue weighted by Gasteiger charge is -2.38. The minimum Gasteiger partial charge on any atom is -0.508 e. The summed E-state index contributed by atoms with van der Waals surface area (Å²) < 4.78 is 16.4. The monoisotopic (exact) mass is 1120 g/mol. The standard InChI is InChI=1S/C29H50O2.C15H10O6.C14H12O3.C6H8O6/c1-20(2)12-9-13-21(3)14-10-15-22(4)16-11-18-29(8)19-17-26-25(7)27(30)23(5)24(6)28(26)31-29;16-8-4-11(19)15-12(20)6-13(21-14(15)5-8)7-1-2-9(17)10(18)3-7;15-12-5-3-10(4-6-12)1-2-11-7-13(16)9-14(17)8-11;7-1-2(8)5-3(9)4(10)6(11)12-5/h20-22,30H,9-19H2,1-8H3;1-6,16-19H;1-9,15-17H;2,5,7-10H,1H2/b;;2-1+;/t21-,22-,29-;;;2-,5+/m1..0/s1. The zero-order valence-corrected chi connectivity index (χ0v) is 47.4. The summed E-state index contributed by atoms with van der Waals surface area (Å²) in [6.45, 7) is 17.3. The fourth-order valence-electron chi connectivity index (χ4n) is 9.66. The Labute approximate surface area is 472 Å². The number of hydrogen-bond acceptors (Lipinski definition) is 17. The van der Waals surface area contributed by atoms with Crippen molar-refractivity contribution in [2.24, 2.45) is 17.8 Å². The van der Waals surface area contributed by atoms with Gasteiger partial charge in [-0.3, -0.25) is 4.79 Å². The number of benzene rings is 5. The summed E-state index contributed by atoms with van der Waals surface area (Å²) in [5.41, 5.74) is 5.75. The smallest absolute Gasteiger partial charge is 0.377 e. The van der Waals surface area contributed by atoms with Crippen LogP contribution in [0.2, 0.25) is 0 Å². The summed E-state index contributed by atoms with van der Waals surface area (Å²) in [4.78, 5) is 22.6. The van der Waals surface area contributed by atoms with E-state index < -0.39 is 41.7 Å². The van der Waals surface area contributed by atoms with Gasteiger partial charge in [0.1, 0.15) is 68.7 Å². The Hall–Kier alpha value is -8.02. The quantitative estimate of drug-likeness (QED) is 0.0229. The number of hydrogen-bond donors (Lipinski definition) is 12. The van der Waals surface area contributed by atoms with E-state index >= 15 is 0 Å². The second-order valence-corrected chi connectivity index (χ2v) is 22.0. The molecular weight excluding hydrogens is 1040 g/mol. The van der Waals surface area contributed by atoms with Crippen molar-refractivity contribution >= 4 is 29.1 Å². The van der Waals surface area contributed by atoms with Crippen LogP contribution < -0.4 is 10.2 Å². The second-order valence-electron chi connectivity index (χ2n) is 22.0. The summed E-state index contributed by atoms with van der Waals surface area (Å²) >= 11 is 0. The number of cyclic esters (lactones) is 1. The van der Waals surface area contributed by atoms with Gasteiger partial charge in [0.05, 0.1) is 6.61 Å². The molecule has 2 aliphatic heterocycles. The van der Waals surface area contributed by atoms with E-state index in [0.717, 1.165) is 77.2 Å². The molecule has 0 bridgehead atoms. The Balaban J connectivity index is 0.000000209. The fraction of sp³-hybridized carbons (Fsp3) is 0.406. The van der Waals surface area contributed by atoms with E-state index in [0.29, 0.717) is 16.9 Å². The van der Waals surface area contributed by atoms with E-state index in [1.165, 1.54) is 87.3 Å². The zero-order chi connectivity index (χ0) is 59.9. The van der Waals surface area contributed by atoms with Crippen LogP contribution in [0.15, 0.2) is 99.6 Å². The molecule has 0 spiro atoms. The van der Waals surface area contributed by atoms with Crippen LogP contribution in [0.5, 0.6) is 51.7 Å². The molecule has 438 valence electrons. The van der Waals surface area contributed by atoms with Crippen molar-refractivity contribution in [2.45, 2.75) is 144 Å². The van der Waals surface area contributed by atoms with Crippen LogP contribution >= 0.6 is 0 Å². The van der Waals surface area contributed by atoms with Crippen molar-refractivity contribution in [2.75, 3.05) is 6.61 Å². The maximum atomic E-state index is 12.0. The average Bonchev–Trinajstić information content (AvgIpc) is 3.85. The predicted octanol–water partition coefficient (Wildman–Crippen LogP) is 12.7. The van der Waals surface area contributed by atoms with Gasteiger partial charge in [0.2, 0.25) is 5.76 Å². The molecule has 2 aliphatic rings. The van der Waals surface area contributed by atoms with Crippen LogP contribution in [-0.2, 0) is 16.0 Å². The van der Waals surface area contributed by atoms with Gasteiger partial charge in [-0.15, -0.1) is 0 Å². The fourth-order valence-corrected chi connectivity index (χ4v) is 9.66. The number of aliphatic hydroxyl groups is 4. The van der Waals surface area contributed by atoms with Crippen molar-refractivity contribution in [3.63, 3.8) is 0 Å². The van der Waals surface area contributed by atoms with Crippen LogP contribution in [0, 0.1) is 38.5 Å². The lowest BCUT2D eigenvalue weighted by atomic mass is 9.84. The van der Waals surface area contributed by atoms with E-state index in [4.69, 9.17) is 34.7 Å². The van der Waals surface area contributed by atoms with E-state index in [1.807, 2.05) is 19.9 Å². The molecule has 0 fully saturated rings. The van der Waals surface area contributed by atoms with Gasteiger partial charge >= 0.3 is 5.97 Å². The first-order chi connectivity index (χ1) is 38.2. The van der Waals surface area contributed by atoms with Gasteiger partial charge < -0.3 is 75.2 Å². The molecule has 0 saturated carbocycles. The van der Waals surface area contributed by atoms with Gasteiger partial charge in [-0.25, -0.2) is 4.79 Å². The first-order valence-electron chi connectivity index (χ1n) is 27.4. The Morgan fingerprint density at radius 3 is 1.80 bits per heavy atom. The number of esters is 1. The van der Waals surface area contributed by atoms with Gasteiger partial charge in [0, 0.05) is 35.4 Å². The number of carbonyl (C=O) groups is 1. The van der Waals surface area contributed by atoms with Crippen LogP contribution in [0.1, 0.15) is 132 Å². The normalized spacial score (nSPS) is 16.7. The molecule has 17 nitrogen and oxygen atoms in total. The highest BCUT2D eigenvalue weighted by molar-refractivity contribution is 5.89. The molecule has 12 N–H and O–H groups in total. The second kappa shape index (κ2) is 28.9. The van der Waals surface area contributed by atoms with E-state index in [1.54, 1.807) is 42.5 Å². The number of phenols is 8. The maximum absolute atomic E-state index is 12.0. The Morgan fingerprint density at radius 2 is 1.22 bits per heavy atom. The van der Waals surface area contributed by atoms with E-state index in [-0.39, 0.29) is 62.6 Å². The number of aliphatic hydroxyl groups excluding tert-OH is 4. The molecule has 6 aromatic rings. The number of phenolic OH excluding ortho intramolecular Hbond substituents is 8. The van der Waals surface area contributed by atoms with E-state index in [2.05, 4.69) is 46.3 Å². The van der Waals surface area contributed by atoms with Gasteiger partial charge in [-0.2, -0.15) is 0 Å². The Kier molecular flexibility index (Phi) is 22.8. The molecule has 0 unspecified atom stereocenters. The number of rotatable bonds is 17. The van der Waals surface area contributed by atoms with Gasteiger partial charge in [0.15, 0.2) is 28.8 Å². The topological polar surface area (TPSA) is 308 Å². The number of carbonyl (C=O) groups excluding carboxylic acids is 1. The highest BCUT2D eigenvalue weighted by Crippen LogP contribution is 2.45. The summed E-state index contributed by atoms with van der Waals surface area (Å²) in [5.74, 6) is 0.390.